The van der Waals surface area contributed by atoms with E-state index in [1.54, 1.807) is 0 Å². The Morgan fingerprint density at radius 3 is 2.80 bits per heavy atom. The van der Waals surface area contributed by atoms with Crippen LogP contribution in [0.2, 0.25) is 0 Å². The molecule has 0 bridgehead atoms. The molecule has 0 atom stereocenters. The maximum Gasteiger partial charge on any atom is 0.0697 e. The van der Waals surface area contributed by atoms with Crippen LogP contribution in [0.3, 0.4) is 0 Å². The minimum absolute atomic E-state index is 0.127. The van der Waals surface area contributed by atoms with Gasteiger partial charge in [-0.25, -0.2) is 0 Å². The second-order valence-electron chi connectivity index (χ2n) is 4.09. The van der Waals surface area contributed by atoms with Crippen LogP contribution in [0.1, 0.15) is 19.3 Å². The lowest BCUT2D eigenvalue weighted by Gasteiger charge is -2.22. The second kappa shape index (κ2) is 9.09. The molecular weight excluding hydrogens is 192 g/mol. The molecule has 0 saturated carbocycles. The lowest BCUT2D eigenvalue weighted by molar-refractivity contribution is 0.0906. The van der Waals surface area contributed by atoms with Crippen LogP contribution in [0.15, 0.2) is 0 Å². The number of hydrogen-bond donors (Lipinski definition) is 3. The van der Waals surface area contributed by atoms with E-state index in [9.17, 15) is 0 Å². The highest BCUT2D eigenvalue weighted by molar-refractivity contribution is 4.70. The molecule has 1 heterocycles. The van der Waals surface area contributed by atoms with Gasteiger partial charge >= 0.3 is 0 Å². The summed E-state index contributed by atoms with van der Waals surface area (Å²) in [5.41, 5.74) is 0. The molecule has 1 saturated heterocycles. The Kier molecular flexibility index (Phi) is 7.83. The first-order valence-corrected chi connectivity index (χ1v) is 6.03. The Labute approximate surface area is 92.4 Å². The van der Waals surface area contributed by atoms with E-state index in [0.29, 0.717) is 6.61 Å². The SMILES string of the molecule is OCCOCCCNCC1CCNCC1. The minimum atomic E-state index is 0.127. The molecule has 0 radical (unpaired) electrons. The van der Waals surface area contributed by atoms with Gasteiger partial charge in [0.05, 0.1) is 13.2 Å². The van der Waals surface area contributed by atoms with Crippen LogP contribution < -0.4 is 10.6 Å². The average molecular weight is 216 g/mol. The van der Waals surface area contributed by atoms with Crippen molar-refractivity contribution in [1.82, 2.24) is 10.6 Å². The highest BCUT2D eigenvalue weighted by Crippen LogP contribution is 2.09. The van der Waals surface area contributed by atoms with Gasteiger partial charge in [0.15, 0.2) is 0 Å². The molecule has 0 aromatic rings. The predicted molar refractivity (Wildman–Crippen MR) is 61.0 cm³/mol. The molecule has 3 N–H and O–H groups in total. The van der Waals surface area contributed by atoms with E-state index in [1.807, 2.05) is 0 Å². The number of ether oxygens (including phenoxy) is 1. The van der Waals surface area contributed by atoms with Crippen molar-refractivity contribution in [2.75, 3.05) is 46.0 Å². The zero-order chi connectivity index (χ0) is 10.8. The standard InChI is InChI=1S/C11H24N2O2/c14-7-9-15-8-1-4-13-10-11-2-5-12-6-3-11/h11-14H,1-10H2. The maximum atomic E-state index is 8.49. The smallest absolute Gasteiger partial charge is 0.0697 e. The Morgan fingerprint density at radius 2 is 2.07 bits per heavy atom. The molecule has 0 aliphatic carbocycles. The third-order valence-corrected chi connectivity index (χ3v) is 2.77. The first-order chi connectivity index (χ1) is 7.43. The molecule has 90 valence electrons. The molecule has 4 heteroatoms. The number of rotatable bonds is 8. The molecule has 1 aliphatic heterocycles. The second-order valence-corrected chi connectivity index (χ2v) is 4.09. The molecule has 0 unspecified atom stereocenters. The minimum Gasteiger partial charge on any atom is -0.394 e. The normalized spacial score (nSPS) is 18.2. The molecule has 1 rings (SSSR count). The van der Waals surface area contributed by atoms with Gasteiger partial charge < -0.3 is 20.5 Å². The van der Waals surface area contributed by atoms with Gasteiger partial charge in [-0.05, 0) is 51.4 Å². The highest BCUT2D eigenvalue weighted by atomic mass is 16.5. The number of nitrogens with one attached hydrogen (secondary N) is 2. The molecule has 1 aliphatic rings. The number of piperidine rings is 1. The summed E-state index contributed by atoms with van der Waals surface area (Å²) in [4.78, 5) is 0. The van der Waals surface area contributed by atoms with Crippen LogP contribution in [0.5, 0.6) is 0 Å². The summed E-state index contributed by atoms with van der Waals surface area (Å²) in [7, 11) is 0. The van der Waals surface area contributed by atoms with Gasteiger partial charge in [0.2, 0.25) is 0 Å². The van der Waals surface area contributed by atoms with Crippen LogP contribution in [-0.2, 0) is 4.74 Å². The van der Waals surface area contributed by atoms with Crippen LogP contribution >= 0.6 is 0 Å². The predicted octanol–water partition coefficient (Wildman–Crippen LogP) is -0.0254. The van der Waals surface area contributed by atoms with Gasteiger partial charge in [0, 0.05) is 6.61 Å². The van der Waals surface area contributed by atoms with Gasteiger partial charge in [-0.2, -0.15) is 0 Å². The summed E-state index contributed by atoms with van der Waals surface area (Å²) < 4.78 is 5.17. The van der Waals surface area contributed by atoms with E-state index in [4.69, 9.17) is 9.84 Å². The molecular formula is C11H24N2O2. The quantitative estimate of drug-likeness (QED) is 0.499. The first-order valence-electron chi connectivity index (χ1n) is 6.03. The van der Waals surface area contributed by atoms with E-state index in [-0.39, 0.29) is 6.61 Å². The summed E-state index contributed by atoms with van der Waals surface area (Å²) in [5.74, 6) is 0.851. The topological polar surface area (TPSA) is 53.5 Å². The van der Waals surface area contributed by atoms with Crippen LogP contribution in [0.4, 0.5) is 0 Å². The number of aliphatic hydroxyl groups excluding tert-OH is 1. The lowest BCUT2D eigenvalue weighted by Crippen LogP contribution is -2.34. The van der Waals surface area contributed by atoms with Crippen LogP contribution in [-0.4, -0.2) is 51.1 Å². The van der Waals surface area contributed by atoms with Gasteiger partial charge in [-0.15, -0.1) is 0 Å². The molecule has 0 aromatic heterocycles. The zero-order valence-corrected chi connectivity index (χ0v) is 9.50. The van der Waals surface area contributed by atoms with Gasteiger partial charge in [-0.1, -0.05) is 0 Å². The van der Waals surface area contributed by atoms with E-state index >= 15 is 0 Å². The maximum absolute atomic E-state index is 8.49. The van der Waals surface area contributed by atoms with Gasteiger partial charge in [0.25, 0.3) is 0 Å². The van der Waals surface area contributed by atoms with Gasteiger partial charge in [0.1, 0.15) is 0 Å². The summed E-state index contributed by atoms with van der Waals surface area (Å²) in [6, 6.07) is 0. The number of hydrogen-bond acceptors (Lipinski definition) is 4. The Balaban J connectivity index is 1.79. The van der Waals surface area contributed by atoms with Crippen molar-refractivity contribution in [1.29, 1.82) is 0 Å². The lowest BCUT2D eigenvalue weighted by atomic mass is 9.98. The van der Waals surface area contributed by atoms with E-state index in [2.05, 4.69) is 10.6 Å². The number of aliphatic hydroxyl groups is 1. The Morgan fingerprint density at radius 1 is 1.27 bits per heavy atom. The molecule has 0 spiro atoms. The Bertz CT molecular complexity index is 139. The summed E-state index contributed by atoms with van der Waals surface area (Å²) >= 11 is 0. The first kappa shape index (κ1) is 12.9. The van der Waals surface area contributed by atoms with Crippen molar-refractivity contribution < 1.29 is 9.84 Å². The summed E-state index contributed by atoms with van der Waals surface area (Å²) in [5, 5.41) is 15.3. The van der Waals surface area contributed by atoms with Crippen molar-refractivity contribution in [2.45, 2.75) is 19.3 Å². The van der Waals surface area contributed by atoms with Crippen molar-refractivity contribution in [3.63, 3.8) is 0 Å². The van der Waals surface area contributed by atoms with Crippen LogP contribution in [0.25, 0.3) is 0 Å². The van der Waals surface area contributed by atoms with Crippen molar-refractivity contribution in [3.8, 4) is 0 Å². The molecule has 1 fully saturated rings. The fourth-order valence-electron chi connectivity index (χ4n) is 1.86. The fraction of sp³-hybridized carbons (Fsp3) is 1.00. The van der Waals surface area contributed by atoms with E-state index < -0.39 is 0 Å². The summed E-state index contributed by atoms with van der Waals surface area (Å²) in [6.45, 7) is 5.85. The van der Waals surface area contributed by atoms with Gasteiger partial charge in [-0.3, -0.25) is 0 Å². The van der Waals surface area contributed by atoms with Crippen molar-refractivity contribution in [3.05, 3.63) is 0 Å². The van der Waals surface area contributed by atoms with Crippen molar-refractivity contribution >= 4 is 0 Å². The zero-order valence-electron chi connectivity index (χ0n) is 9.50. The highest BCUT2D eigenvalue weighted by Gasteiger charge is 2.11. The van der Waals surface area contributed by atoms with Crippen LogP contribution in [0, 0.1) is 5.92 Å². The largest absolute Gasteiger partial charge is 0.394 e. The summed E-state index contributed by atoms with van der Waals surface area (Å²) in [6.07, 6.45) is 3.63. The third kappa shape index (κ3) is 6.84. The van der Waals surface area contributed by atoms with E-state index in [1.165, 1.54) is 25.9 Å². The monoisotopic (exact) mass is 216 g/mol. The average Bonchev–Trinajstić information content (AvgIpc) is 2.29. The fourth-order valence-corrected chi connectivity index (χ4v) is 1.86. The van der Waals surface area contributed by atoms with E-state index in [0.717, 1.165) is 32.0 Å². The molecule has 4 nitrogen and oxygen atoms in total. The molecule has 0 aromatic carbocycles. The van der Waals surface area contributed by atoms with Crippen molar-refractivity contribution in [2.24, 2.45) is 5.92 Å². The third-order valence-electron chi connectivity index (χ3n) is 2.77. The molecule has 0 amide bonds. The Hall–Kier alpha value is -0.160. The molecule has 15 heavy (non-hydrogen) atoms.